The maximum Gasteiger partial charge on any atom is 0.153 e. The van der Waals surface area contributed by atoms with Gasteiger partial charge in [0.1, 0.15) is 12.4 Å². The van der Waals surface area contributed by atoms with Crippen LogP contribution in [-0.4, -0.2) is 37.4 Å². The number of benzene rings is 1. The van der Waals surface area contributed by atoms with Crippen molar-refractivity contribution >= 4 is 6.29 Å². The van der Waals surface area contributed by atoms with Crippen LogP contribution >= 0.6 is 0 Å². The molecular formula is C16H23NO2. The number of rotatable bonds is 5. The van der Waals surface area contributed by atoms with Gasteiger partial charge in [-0.15, -0.1) is 0 Å². The highest BCUT2D eigenvalue weighted by Gasteiger charge is 2.21. The van der Waals surface area contributed by atoms with Crippen molar-refractivity contribution in [2.45, 2.75) is 20.3 Å². The summed E-state index contributed by atoms with van der Waals surface area (Å²) in [6, 6.07) is 7.39. The van der Waals surface area contributed by atoms with Crippen LogP contribution < -0.4 is 4.74 Å². The van der Waals surface area contributed by atoms with E-state index in [0.29, 0.717) is 17.9 Å². The molecule has 1 aliphatic heterocycles. The van der Waals surface area contributed by atoms with Gasteiger partial charge in [-0.25, -0.2) is 0 Å². The van der Waals surface area contributed by atoms with E-state index in [1.165, 1.54) is 6.42 Å². The van der Waals surface area contributed by atoms with Crippen LogP contribution in [0.3, 0.4) is 0 Å². The molecule has 1 aliphatic rings. The maximum atomic E-state index is 10.9. The molecule has 0 unspecified atom stereocenters. The minimum atomic E-state index is 0.628. The number of hydrogen-bond acceptors (Lipinski definition) is 3. The fourth-order valence-electron chi connectivity index (χ4n) is 2.97. The van der Waals surface area contributed by atoms with Gasteiger partial charge < -0.3 is 4.74 Å². The molecule has 104 valence electrons. The third-order valence-corrected chi connectivity index (χ3v) is 3.66. The molecule has 2 atom stereocenters. The summed E-state index contributed by atoms with van der Waals surface area (Å²) >= 11 is 0. The molecule has 0 spiro atoms. The van der Waals surface area contributed by atoms with Crippen LogP contribution in [0, 0.1) is 11.8 Å². The normalized spacial score (nSPS) is 24.1. The molecule has 1 fully saturated rings. The molecular weight excluding hydrogens is 238 g/mol. The number of carbonyl (C=O) groups excluding carboxylic acids is 1. The van der Waals surface area contributed by atoms with Crippen molar-refractivity contribution in [3.05, 3.63) is 29.8 Å². The fraction of sp³-hybridized carbons (Fsp3) is 0.562. The number of aldehydes is 1. The van der Waals surface area contributed by atoms with Gasteiger partial charge in [0.25, 0.3) is 0 Å². The molecule has 1 saturated heterocycles. The Kier molecular flexibility index (Phi) is 4.97. The van der Waals surface area contributed by atoms with Gasteiger partial charge in [-0.05, 0) is 30.4 Å². The summed E-state index contributed by atoms with van der Waals surface area (Å²) in [4.78, 5) is 13.3. The number of nitrogens with zero attached hydrogens (tertiary/aromatic N) is 1. The first-order valence-electron chi connectivity index (χ1n) is 7.08. The Balaban J connectivity index is 1.81. The van der Waals surface area contributed by atoms with Crippen LogP contribution in [0.5, 0.6) is 5.75 Å². The number of likely N-dealkylation sites (tertiary alicyclic amines) is 1. The number of piperidine rings is 1. The molecule has 0 bridgehead atoms. The smallest absolute Gasteiger partial charge is 0.153 e. The molecule has 3 nitrogen and oxygen atoms in total. The van der Waals surface area contributed by atoms with Crippen LogP contribution in [0.25, 0.3) is 0 Å². The van der Waals surface area contributed by atoms with Gasteiger partial charge in [0.2, 0.25) is 0 Å². The molecule has 0 saturated carbocycles. The van der Waals surface area contributed by atoms with Gasteiger partial charge in [-0.2, -0.15) is 0 Å². The summed E-state index contributed by atoms with van der Waals surface area (Å²) < 4.78 is 5.73. The monoisotopic (exact) mass is 261 g/mol. The lowest BCUT2D eigenvalue weighted by Gasteiger charge is -2.34. The van der Waals surface area contributed by atoms with Gasteiger partial charge in [-0.1, -0.05) is 26.0 Å². The van der Waals surface area contributed by atoms with E-state index < -0.39 is 0 Å². The van der Waals surface area contributed by atoms with Crippen molar-refractivity contribution in [3.8, 4) is 5.75 Å². The van der Waals surface area contributed by atoms with Crippen molar-refractivity contribution < 1.29 is 9.53 Å². The standard InChI is InChI=1S/C16H23NO2/c1-13-9-14(2)11-17(10-13)7-8-19-16-6-4-3-5-15(16)12-18/h3-6,12-14H,7-11H2,1-2H3/t13-,14+. The highest BCUT2D eigenvalue weighted by molar-refractivity contribution is 5.79. The van der Waals surface area contributed by atoms with Gasteiger partial charge in [-0.3, -0.25) is 9.69 Å². The molecule has 0 aromatic heterocycles. The topological polar surface area (TPSA) is 29.5 Å². The predicted molar refractivity (Wildman–Crippen MR) is 76.7 cm³/mol. The van der Waals surface area contributed by atoms with Crippen molar-refractivity contribution in [1.29, 1.82) is 0 Å². The van der Waals surface area contributed by atoms with Gasteiger partial charge in [0.05, 0.1) is 5.56 Å². The van der Waals surface area contributed by atoms with Crippen LogP contribution in [0.2, 0.25) is 0 Å². The first-order chi connectivity index (χ1) is 9.19. The zero-order valence-electron chi connectivity index (χ0n) is 11.8. The van der Waals surface area contributed by atoms with Crippen molar-refractivity contribution in [3.63, 3.8) is 0 Å². The summed E-state index contributed by atoms with van der Waals surface area (Å²) in [5, 5.41) is 0. The summed E-state index contributed by atoms with van der Waals surface area (Å²) in [7, 11) is 0. The summed E-state index contributed by atoms with van der Waals surface area (Å²) in [5.74, 6) is 2.23. The second-order valence-corrected chi connectivity index (χ2v) is 5.71. The van der Waals surface area contributed by atoms with E-state index in [1.807, 2.05) is 18.2 Å². The van der Waals surface area contributed by atoms with Crippen LogP contribution in [0.15, 0.2) is 24.3 Å². The highest BCUT2D eigenvalue weighted by Crippen LogP contribution is 2.21. The minimum Gasteiger partial charge on any atom is -0.492 e. The molecule has 0 N–H and O–H groups in total. The number of hydrogen-bond donors (Lipinski definition) is 0. The molecule has 0 radical (unpaired) electrons. The van der Waals surface area contributed by atoms with E-state index in [1.54, 1.807) is 6.07 Å². The number of para-hydroxylation sites is 1. The lowest BCUT2D eigenvalue weighted by atomic mass is 9.92. The molecule has 0 amide bonds. The second kappa shape index (κ2) is 6.71. The average molecular weight is 261 g/mol. The lowest BCUT2D eigenvalue weighted by molar-refractivity contribution is 0.111. The molecule has 19 heavy (non-hydrogen) atoms. The summed E-state index contributed by atoms with van der Waals surface area (Å²) in [6.45, 7) is 8.51. The van der Waals surface area contributed by atoms with E-state index >= 15 is 0 Å². The van der Waals surface area contributed by atoms with Crippen molar-refractivity contribution in [2.75, 3.05) is 26.2 Å². The Morgan fingerprint density at radius 1 is 1.26 bits per heavy atom. The first kappa shape index (κ1) is 14.1. The van der Waals surface area contributed by atoms with Gasteiger partial charge in [0.15, 0.2) is 6.29 Å². The van der Waals surface area contributed by atoms with E-state index in [2.05, 4.69) is 18.7 Å². The van der Waals surface area contributed by atoms with Crippen molar-refractivity contribution in [1.82, 2.24) is 4.90 Å². The van der Waals surface area contributed by atoms with E-state index in [-0.39, 0.29) is 0 Å². The Labute approximate surface area is 115 Å². The Hall–Kier alpha value is -1.35. The highest BCUT2D eigenvalue weighted by atomic mass is 16.5. The molecule has 1 aromatic carbocycles. The molecule has 0 aliphatic carbocycles. The molecule has 1 aromatic rings. The lowest BCUT2D eigenvalue weighted by Crippen LogP contribution is -2.40. The summed E-state index contributed by atoms with van der Waals surface area (Å²) in [6.07, 6.45) is 2.17. The third-order valence-electron chi connectivity index (χ3n) is 3.66. The minimum absolute atomic E-state index is 0.628. The van der Waals surface area contributed by atoms with Gasteiger partial charge >= 0.3 is 0 Å². The van der Waals surface area contributed by atoms with Crippen LogP contribution in [-0.2, 0) is 0 Å². The number of carbonyl (C=O) groups is 1. The Bertz CT molecular complexity index is 409. The molecule has 1 heterocycles. The average Bonchev–Trinajstić information content (AvgIpc) is 2.38. The maximum absolute atomic E-state index is 10.9. The van der Waals surface area contributed by atoms with E-state index in [4.69, 9.17) is 4.74 Å². The first-order valence-corrected chi connectivity index (χ1v) is 7.08. The third kappa shape index (κ3) is 4.06. The second-order valence-electron chi connectivity index (χ2n) is 5.71. The fourth-order valence-corrected chi connectivity index (χ4v) is 2.97. The van der Waals surface area contributed by atoms with E-state index in [0.717, 1.165) is 37.8 Å². The zero-order chi connectivity index (χ0) is 13.7. The Morgan fingerprint density at radius 2 is 1.95 bits per heavy atom. The quantitative estimate of drug-likeness (QED) is 0.763. The van der Waals surface area contributed by atoms with E-state index in [9.17, 15) is 4.79 Å². The largest absolute Gasteiger partial charge is 0.492 e. The summed E-state index contributed by atoms with van der Waals surface area (Å²) in [5.41, 5.74) is 0.628. The molecule has 2 rings (SSSR count). The SMILES string of the molecule is C[C@@H]1C[C@H](C)CN(CCOc2ccccc2C=O)C1. The van der Waals surface area contributed by atoms with Crippen molar-refractivity contribution in [2.24, 2.45) is 11.8 Å². The molecule has 3 heteroatoms. The van der Waals surface area contributed by atoms with Crippen LogP contribution in [0.4, 0.5) is 0 Å². The van der Waals surface area contributed by atoms with Gasteiger partial charge in [0, 0.05) is 19.6 Å². The Morgan fingerprint density at radius 3 is 2.63 bits per heavy atom. The predicted octanol–water partition coefficient (Wildman–Crippen LogP) is 2.86. The zero-order valence-corrected chi connectivity index (χ0v) is 11.8. The van der Waals surface area contributed by atoms with Crippen LogP contribution in [0.1, 0.15) is 30.6 Å². The number of ether oxygens (including phenoxy) is 1.